The Balaban J connectivity index is 2.67. The summed E-state index contributed by atoms with van der Waals surface area (Å²) in [6.45, 7) is 0. The fourth-order valence-corrected chi connectivity index (χ4v) is 1.76. The van der Waals surface area contributed by atoms with Crippen LogP contribution in [0.4, 0.5) is 4.39 Å². The van der Waals surface area contributed by atoms with Crippen LogP contribution in [0.3, 0.4) is 0 Å². The van der Waals surface area contributed by atoms with Gasteiger partial charge >= 0.3 is 0 Å². The second-order valence-electron chi connectivity index (χ2n) is 2.79. The summed E-state index contributed by atoms with van der Waals surface area (Å²) in [4.78, 5) is 11.1. The molecule has 0 atom stereocenters. The summed E-state index contributed by atoms with van der Waals surface area (Å²) in [5.41, 5.74) is 0.0513. The summed E-state index contributed by atoms with van der Waals surface area (Å²) in [5.74, 6) is -0.543. The average Bonchev–Trinajstić information content (AvgIpc) is 2.15. The molecule has 0 fully saturated rings. The average molecular weight is 279 g/mol. The first kappa shape index (κ1) is 11.5. The predicted molar refractivity (Wildman–Crippen MR) is 60.3 cm³/mol. The summed E-state index contributed by atoms with van der Waals surface area (Å²) in [6, 6.07) is 4.24. The quantitative estimate of drug-likeness (QED) is 0.799. The van der Waals surface area contributed by atoms with E-state index in [-0.39, 0.29) is 27.0 Å². The Hall–Kier alpha value is -0.970. The molecule has 0 aliphatic carbocycles. The van der Waals surface area contributed by atoms with Crippen molar-refractivity contribution in [2.24, 2.45) is 0 Å². The molecule has 1 aromatic heterocycles. The van der Waals surface area contributed by atoms with Crippen LogP contribution in [0.2, 0.25) is 15.6 Å². The van der Waals surface area contributed by atoms with Crippen LogP contribution in [0.5, 0.6) is 0 Å². The van der Waals surface area contributed by atoms with Crippen molar-refractivity contribution >= 4 is 34.8 Å². The van der Waals surface area contributed by atoms with Gasteiger partial charge in [-0.1, -0.05) is 17.7 Å². The van der Waals surface area contributed by atoms with Crippen molar-refractivity contribution in [1.29, 1.82) is 0 Å². The minimum Gasteiger partial charge on any atom is -0.206 e. The van der Waals surface area contributed by atoms with Crippen LogP contribution >= 0.6 is 34.8 Å². The second-order valence-corrected chi connectivity index (χ2v) is 3.88. The van der Waals surface area contributed by atoms with E-state index < -0.39 is 5.82 Å². The van der Waals surface area contributed by atoms with E-state index in [1.165, 1.54) is 18.2 Å². The third-order valence-corrected chi connectivity index (χ3v) is 2.42. The molecule has 0 saturated carbocycles. The van der Waals surface area contributed by atoms with E-state index in [9.17, 15) is 4.39 Å². The molecule has 2 aromatic rings. The SMILES string of the molecule is Fc1cccc(Cl)c1-c1nc(Cl)nc(Cl)n1. The maximum absolute atomic E-state index is 13.5. The van der Waals surface area contributed by atoms with Crippen molar-refractivity contribution in [3.63, 3.8) is 0 Å². The summed E-state index contributed by atoms with van der Waals surface area (Å²) in [7, 11) is 0. The Morgan fingerprint density at radius 2 is 1.56 bits per heavy atom. The zero-order valence-corrected chi connectivity index (χ0v) is 9.85. The molecular formula is C9H3Cl3FN3. The fraction of sp³-hybridized carbons (Fsp3) is 0. The van der Waals surface area contributed by atoms with Gasteiger partial charge in [0.25, 0.3) is 0 Å². The zero-order chi connectivity index (χ0) is 11.7. The lowest BCUT2D eigenvalue weighted by Crippen LogP contribution is -1.96. The first-order valence-corrected chi connectivity index (χ1v) is 5.23. The van der Waals surface area contributed by atoms with Crippen molar-refractivity contribution in [3.8, 4) is 11.4 Å². The molecule has 16 heavy (non-hydrogen) atoms. The first-order chi connectivity index (χ1) is 7.58. The highest BCUT2D eigenvalue weighted by Crippen LogP contribution is 2.28. The number of benzene rings is 1. The first-order valence-electron chi connectivity index (χ1n) is 4.09. The van der Waals surface area contributed by atoms with Gasteiger partial charge in [0.15, 0.2) is 5.82 Å². The van der Waals surface area contributed by atoms with Gasteiger partial charge in [-0.3, -0.25) is 0 Å². The van der Waals surface area contributed by atoms with Crippen molar-refractivity contribution in [3.05, 3.63) is 39.6 Å². The number of rotatable bonds is 1. The number of nitrogens with zero attached hydrogens (tertiary/aromatic N) is 3. The second kappa shape index (κ2) is 4.49. The van der Waals surface area contributed by atoms with E-state index in [4.69, 9.17) is 34.8 Å². The smallest absolute Gasteiger partial charge is 0.206 e. The number of hydrogen-bond donors (Lipinski definition) is 0. The molecule has 0 bridgehead atoms. The van der Waals surface area contributed by atoms with E-state index >= 15 is 0 Å². The van der Waals surface area contributed by atoms with Gasteiger partial charge in [0, 0.05) is 0 Å². The molecule has 2 rings (SSSR count). The lowest BCUT2D eigenvalue weighted by Gasteiger charge is -2.04. The molecule has 0 spiro atoms. The van der Waals surface area contributed by atoms with Crippen LogP contribution in [0, 0.1) is 5.82 Å². The fourth-order valence-electron chi connectivity index (χ4n) is 1.15. The molecule has 1 aromatic carbocycles. The van der Waals surface area contributed by atoms with Crippen molar-refractivity contribution in [2.45, 2.75) is 0 Å². The van der Waals surface area contributed by atoms with Crippen LogP contribution < -0.4 is 0 Å². The molecule has 0 aliphatic heterocycles. The number of halogens is 4. The largest absolute Gasteiger partial charge is 0.227 e. The molecule has 0 amide bonds. The summed E-state index contributed by atoms with van der Waals surface area (Å²) in [5, 5.41) is -0.0537. The predicted octanol–water partition coefficient (Wildman–Crippen LogP) is 3.64. The van der Waals surface area contributed by atoms with Gasteiger partial charge in [0.05, 0.1) is 10.6 Å². The Labute approximate surface area is 105 Å². The van der Waals surface area contributed by atoms with Gasteiger partial charge in [-0.25, -0.2) is 4.39 Å². The van der Waals surface area contributed by atoms with Crippen molar-refractivity contribution in [2.75, 3.05) is 0 Å². The van der Waals surface area contributed by atoms with Crippen LogP contribution in [-0.4, -0.2) is 15.0 Å². The van der Waals surface area contributed by atoms with Crippen molar-refractivity contribution < 1.29 is 4.39 Å². The van der Waals surface area contributed by atoms with E-state index in [2.05, 4.69) is 15.0 Å². The Morgan fingerprint density at radius 1 is 0.938 bits per heavy atom. The minimum atomic E-state index is -0.550. The lowest BCUT2D eigenvalue weighted by molar-refractivity contribution is 0.630. The molecule has 0 unspecified atom stereocenters. The van der Waals surface area contributed by atoms with E-state index in [0.29, 0.717) is 0 Å². The van der Waals surface area contributed by atoms with E-state index in [0.717, 1.165) is 0 Å². The maximum atomic E-state index is 13.5. The topological polar surface area (TPSA) is 38.7 Å². The molecule has 0 radical (unpaired) electrons. The molecule has 3 nitrogen and oxygen atoms in total. The lowest BCUT2D eigenvalue weighted by atomic mass is 10.2. The highest BCUT2D eigenvalue weighted by molar-refractivity contribution is 6.33. The third kappa shape index (κ3) is 2.24. The molecule has 1 heterocycles. The third-order valence-electron chi connectivity index (χ3n) is 1.77. The molecular weight excluding hydrogens is 275 g/mol. The molecule has 0 aliphatic rings. The normalized spacial score (nSPS) is 10.5. The standard InChI is InChI=1S/C9H3Cl3FN3/c10-4-2-1-3-5(13)6(4)7-14-8(11)16-9(12)15-7/h1-3H. The molecule has 7 heteroatoms. The van der Waals surface area contributed by atoms with Gasteiger partial charge in [-0.15, -0.1) is 0 Å². The molecule has 0 saturated heterocycles. The Kier molecular flexibility index (Phi) is 3.23. The number of aromatic nitrogens is 3. The summed E-state index contributed by atoms with van der Waals surface area (Å²) in [6.07, 6.45) is 0. The highest BCUT2D eigenvalue weighted by atomic mass is 35.5. The van der Waals surface area contributed by atoms with Gasteiger partial charge in [-0.05, 0) is 35.3 Å². The van der Waals surface area contributed by atoms with Crippen LogP contribution in [0.15, 0.2) is 18.2 Å². The van der Waals surface area contributed by atoms with E-state index in [1.807, 2.05) is 0 Å². The van der Waals surface area contributed by atoms with Crippen molar-refractivity contribution in [1.82, 2.24) is 15.0 Å². The molecule has 82 valence electrons. The monoisotopic (exact) mass is 277 g/mol. The minimum absolute atomic E-state index is 0.00750. The molecule has 0 N–H and O–H groups in total. The van der Waals surface area contributed by atoms with Crippen LogP contribution in [-0.2, 0) is 0 Å². The maximum Gasteiger partial charge on any atom is 0.227 e. The summed E-state index contributed by atoms with van der Waals surface area (Å²) >= 11 is 17.0. The highest BCUT2D eigenvalue weighted by Gasteiger charge is 2.14. The van der Waals surface area contributed by atoms with Gasteiger partial charge in [0.1, 0.15) is 5.82 Å². The zero-order valence-electron chi connectivity index (χ0n) is 7.59. The van der Waals surface area contributed by atoms with Gasteiger partial charge in [-0.2, -0.15) is 15.0 Å². The van der Waals surface area contributed by atoms with Gasteiger partial charge in [0.2, 0.25) is 10.6 Å². The Morgan fingerprint density at radius 3 is 2.12 bits per heavy atom. The summed E-state index contributed by atoms with van der Waals surface area (Å²) < 4.78 is 13.5. The number of hydrogen-bond acceptors (Lipinski definition) is 3. The van der Waals surface area contributed by atoms with E-state index in [1.54, 1.807) is 0 Å². The van der Waals surface area contributed by atoms with Crippen LogP contribution in [0.1, 0.15) is 0 Å². The van der Waals surface area contributed by atoms with Crippen LogP contribution in [0.25, 0.3) is 11.4 Å². The van der Waals surface area contributed by atoms with Gasteiger partial charge < -0.3 is 0 Å². The Bertz CT molecular complexity index is 507.